The van der Waals surface area contributed by atoms with E-state index >= 15 is 0 Å². The van der Waals surface area contributed by atoms with E-state index in [0.29, 0.717) is 25.7 Å². The molecule has 0 spiro atoms. The number of nitrogens with zero attached hydrogens (tertiary/aromatic N) is 4. The van der Waals surface area contributed by atoms with Gasteiger partial charge in [-0.15, -0.1) is 0 Å². The minimum absolute atomic E-state index is 0.0209. The van der Waals surface area contributed by atoms with Crippen molar-refractivity contribution in [2.45, 2.75) is 127 Å². The number of para-hydroxylation sites is 1. The lowest BCUT2D eigenvalue weighted by atomic mass is 9.98. The third-order valence-corrected chi connectivity index (χ3v) is 12.2. The van der Waals surface area contributed by atoms with Crippen LogP contribution in [0.4, 0.5) is 0 Å². The maximum Gasteiger partial charge on any atom is 0.326 e. The van der Waals surface area contributed by atoms with Crippen LogP contribution in [0.5, 0.6) is 0 Å². The zero-order chi connectivity index (χ0) is 50.1. The monoisotopic (exact) mass is 952 g/mol. The summed E-state index contributed by atoms with van der Waals surface area (Å²) >= 11 is 0. The summed E-state index contributed by atoms with van der Waals surface area (Å²) in [4.78, 5) is 121. The van der Waals surface area contributed by atoms with Crippen LogP contribution in [0.25, 0.3) is 10.9 Å². The number of carboxylic acids is 1. The van der Waals surface area contributed by atoms with Crippen molar-refractivity contribution in [3.05, 3.63) is 36.0 Å². The summed E-state index contributed by atoms with van der Waals surface area (Å²) in [6.07, 6.45) is 4.60. The van der Waals surface area contributed by atoms with E-state index in [4.69, 9.17) is 28.7 Å². The molecule has 1 aromatic heterocycles. The SMILES string of the molecule is CCC(C)C(NC(=O)C(CCCN=C(N)N)NC(=O)C(C)NC(=O)C(CCCN=C(N)N)NC(=O)C1CCCN1C(=O)C1CCCN1C(=O)CNC(=O)C(N)Cc1c[nH]c2ccccc12)C(=O)O. The fourth-order valence-corrected chi connectivity index (χ4v) is 8.27. The van der Waals surface area contributed by atoms with Crippen LogP contribution in [0.2, 0.25) is 0 Å². The molecular weight excluding hydrogens is 883 g/mol. The van der Waals surface area contributed by atoms with Crippen molar-refractivity contribution in [2.24, 2.45) is 44.6 Å². The van der Waals surface area contributed by atoms with Gasteiger partial charge in [0.25, 0.3) is 0 Å². The molecule has 7 amide bonds. The Morgan fingerprint density at radius 1 is 0.779 bits per heavy atom. The molecule has 0 aliphatic carbocycles. The summed E-state index contributed by atoms with van der Waals surface area (Å²) in [5.74, 6) is -6.39. The van der Waals surface area contributed by atoms with E-state index in [1.54, 1.807) is 20.0 Å². The van der Waals surface area contributed by atoms with Crippen LogP contribution >= 0.6 is 0 Å². The zero-order valence-electron chi connectivity index (χ0n) is 39.0. The number of hydrogen-bond acceptors (Lipinski definition) is 11. The number of rotatable bonds is 25. The van der Waals surface area contributed by atoms with Gasteiger partial charge >= 0.3 is 5.97 Å². The van der Waals surface area contributed by atoms with E-state index in [2.05, 4.69) is 41.6 Å². The molecular formula is C44H69N15O9. The normalized spacial score (nSPS) is 18.2. The Morgan fingerprint density at radius 2 is 1.37 bits per heavy atom. The van der Waals surface area contributed by atoms with Crippen molar-refractivity contribution in [3.63, 3.8) is 0 Å². The van der Waals surface area contributed by atoms with Gasteiger partial charge in [0.15, 0.2) is 11.9 Å². The predicted octanol–water partition coefficient (Wildman–Crippen LogP) is -2.67. The molecule has 2 aliphatic heterocycles. The maximum absolute atomic E-state index is 14.1. The van der Waals surface area contributed by atoms with Crippen molar-refractivity contribution in [1.82, 2.24) is 41.4 Å². The maximum atomic E-state index is 14.1. The lowest BCUT2D eigenvalue weighted by Crippen LogP contribution is -2.59. The Morgan fingerprint density at radius 3 is 1.99 bits per heavy atom. The smallest absolute Gasteiger partial charge is 0.326 e. The second-order valence-electron chi connectivity index (χ2n) is 17.3. The first kappa shape index (κ1) is 53.6. The van der Waals surface area contributed by atoms with Crippen molar-refractivity contribution >= 4 is 70.1 Å². The van der Waals surface area contributed by atoms with E-state index in [1.165, 1.54) is 16.7 Å². The Bertz CT molecular complexity index is 2170. The number of carbonyl (C=O) groups is 8. The first-order valence-electron chi connectivity index (χ1n) is 23.1. The van der Waals surface area contributed by atoms with Gasteiger partial charge in [0.1, 0.15) is 36.3 Å². The molecule has 68 heavy (non-hydrogen) atoms. The molecule has 24 nitrogen and oxygen atoms in total. The highest BCUT2D eigenvalue weighted by molar-refractivity contribution is 5.97. The third kappa shape index (κ3) is 15.3. The largest absolute Gasteiger partial charge is 0.480 e. The Hall–Kier alpha value is -6.98. The number of H-pyrrole nitrogens is 1. The van der Waals surface area contributed by atoms with Gasteiger partial charge in [-0.05, 0) is 82.3 Å². The number of nitrogens with two attached hydrogens (primary N) is 5. The minimum atomic E-state index is -1.26. The van der Waals surface area contributed by atoms with Gasteiger partial charge in [0, 0.05) is 43.3 Å². The van der Waals surface area contributed by atoms with Crippen LogP contribution in [-0.4, -0.2) is 154 Å². The standard InChI is InChI=1S/C44H69N15O9/c1-4-24(2)35(42(67)68)57-39(64)31(14-8-18-51-44(48)49)55-36(61)25(3)54-38(63)30(13-7-17-50-43(46)47)56-40(65)32-15-9-20-59(32)41(66)33-16-10-19-58(33)34(60)23-53-37(62)28(45)21-26-22-52-29-12-6-5-11-27(26)29/h5-6,11-12,22,24-25,28,30-33,35,52H,4,7-10,13-21,23,45H2,1-3H3,(H,53,62)(H,54,63)(H,55,61)(H,56,65)(H,57,64)(H,67,68)(H4,46,47,50)(H4,48,49,51). The number of carbonyl (C=O) groups excluding carboxylic acids is 7. The molecule has 3 heterocycles. The molecule has 8 atom stereocenters. The lowest BCUT2D eigenvalue weighted by molar-refractivity contribution is -0.147. The average molecular weight is 952 g/mol. The number of aromatic nitrogens is 1. The van der Waals surface area contributed by atoms with E-state index in [1.807, 2.05) is 24.3 Å². The number of aliphatic imine (C=N–C) groups is 2. The molecule has 4 rings (SSSR count). The average Bonchev–Trinajstić information content (AvgIpc) is 4.09. The number of likely N-dealkylation sites (tertiary alicyclic amines) is 2. The summed E-state index contributed by atoms with van der Waals surface area (Å²) in [7, 11) is 0. The molecule has 17 N–H and O–H groups in total. The Labute approximate surface area is 394 Å². The molecule has 2 fully saturated rings. The van der Waals surface area contributed by atoms with Gasteiger partial charge < -0.3 is 75.1 Å². The third-order valence-electron chi connectivity index (χ3n) is 12.2. The topological polar surface area (TPSA) is 394 Å². The van der Waals surface area contributed by atoms with E-state index in [0.717, 1.165) is 16.5 Å². The number of carboxylic acid groups (broad SMARTS) is 1. The number of nitrogens with one attached hydrogen (secondary N) is 6. The first-order chi connectivity index (χ1) is 32.3. The van der Waals surface area contributed by atoms with Gasteiger partial charge in [0.05, 0.1) is 12.6 Å². The number of hydrogen-bond donors (Lipinski definition) is 12. The minimum Gasteiger partial charge on any atom is -0.480 e. The summed E-state index contributed by atoms with van der Waals surface area (Å²) < 4.78 is 0. The van der Waals surface area contributed by atoms with Crippen molar-refractivity contribution in [1.29, 1.82) is 0 Å². The lowest BCUT2D eigenvalue weighted by Gasteiger charge is -2.32. The van der Waals surface area contributed by atoms with Crippen LogP contribution in [0, 0.1) is 5.92 Å². The molecule has 374 valence electrons. The number of guanidine groups is 2. The number of aromatic amines is 1. The fourth-order valence-electron chi connectivity index (χ4n) is 8.27. The van der Waals surface area contributed by atoms with Crippen molar-refractivity contribution < 1.29 is 43.5 Å². The molecule has 2 aromatic rings. The molecule has 1 aromatic carbocycles. The number of aliphatic carboxylic acids is 1. The molecule has 24 heteroatoms. The molecule has 0 bridgehead atoms. The van der Waals surface area contributed by atoms with E-state index < -0.39 is 95.5 Å². The van der Waals surface area contributed by atoms with E-state index in [-0.39, 0.29) is 83.2 Å². The molecule has 0 radical (unpaired) electrons. The highest BCUT2D eigenvalue weighted by Crippen LogP contribution is 2.26. The first-order valence-corrected chi connectivity index (χ1v) is 23.1. The van der Waals surface area contributed by atoms with Crippen LogP contribution < -0.4 is 55.3 Å². The van der Waals surface area contributed by atoms with Gasteiger partial charge in [-0.1, -0.05) is 38.5 Å². The van der Waals surface area contributed by atoms with Crippen LogP contribution in [-0.2, 0) is 44.8 Å². The Balaban J connectivity index is 1.39. The molecule has 2 aliphatic rings. The van der Waals surface area contributed by atoms with Crippen LogP contribution in [0.15, 0.2) is 40.4 Å². The van der Waals surface area contributed by atoms with E-state index in [9.17, 15) is 43.5 Å². The highest BCUT2D eigenvalue weighted by atomic mass is 16.4. The van der Waals surface area contributed by atoms with Gasteiger partial charge in [-0.3, -0.25) is 43.5 Å². The molecule has 8 unspecified atom stereocenters. The predicted molar refractivity (Wildman–Crippen MR) is 253 cm³/mol. The second-order valence-corrected chi connectivity index (χ2v) is 17.3. The molecule has 0 saturated carbocycles. The number of benzene rings is 1. The van der Waals surface area contributed by atoms with Gasteiger partial charge in [0.2, 0.25) is 41.4 Å². The Kier molecular flexibility index (Phi) is 20.3. The summed E-state index contributed by atoms with van der Waals surface area (Å²) in [6, 6.07) is -0.136. The zero-order valence-corrected chi connectivity index (χ0v) is 39.0. The van der Waals surface area contributed by atoms with Gasteiger partial charge in [-0.25, -0.2) is 4.79 Å². The fraction of sp³-hybridized carbons (Fsp3) is 0.591. The summed E-state index contributed by atoms with van der Waals surface area (Å²) in [5.41, 5.74) is 29.8. The van der Waals surface area contributed by atoms with Gasteiger partial charge in [-0.2, -0.15) is 0 Å². The summed E-state index contributed by atoms with van der Waals surface area (Å²) in [6.45, 7) is 5.16. The molecule has 2 saturated heterocycles. The van der Waals surface area contributed by atoms with Crippen LogP contribution in [0.3, 0.4) is 0 Å². The second kappa shape index (κ2) is 25.8. The van der Waals surface area contributed by atoms with Crippen LogP contribution in [0.1, 0.15) is 84.1 Å². The summed E-state index contributed by atoms with van der Waals surface area (Å²) in [5, 5.41) is 23.7. The number of amides is 7. The van der Waals surface area contributed by atoms with Crippen molar-refractivity contribution in [2.75, 3.05) is 32.7 Å². The highest BCUT2D eigenvalue weighted by Gasteiger charge is 2.43. The van der Waals surface area contributed by atoms with Crippen molar-refractivity contribution in [3.8, 4) is 0 Å². The quantitative estimate of drug-likeness (QED) is 0.0275. The number of fused-ring (bicyclic) bond motifs is 1.